The number of aryl methyl sites for hydroxylation is 1. The highest BCUT2D eigenvalue weighted by Crippen LogP contribution is 2.30. The van der Waals surface area contributed by atoms with Gasteiger partial charge in [-0.25, -0.2) is 4.39 Å². The highest BCUT2D eigenvalue weighted by atomic mass is 19.1. The quantitative estimate of drug-likeness (QED) is 0.784. The van der Waals surface area contributed by atoms with E-state index in [1.54, 1.807) is 4.90 Å². The molecule has 1 N–H and O–H groups in total. The number of amides is 2. The lowest BCUT2D eigenvalue weighted by Crippen LogP contribution is -2.33. The van der Waals surface area contributed by atoms with Crippen molar-refractivity contribution in [2.45, 2.75) is 33.3 Å². The highest BCUT2D eigenvalue weighted by Gasteiger charge is 2.37. The summed E-state index contributed by atoms with van der Waals surface area (Å²) in [4.78, 5) is 38.8. The van der Waals surface area contributed by atoms with Crippen LogP contribution in [0.5, 0.6) is 0 Å². The van der Waals surface area contributed by atoms with E-state index < -0.39 is 29.7 Å². The van der Waals surface area contributed by atoms with Crippen LogP contribution in [0.4, 0.5) is 15.8 Å². The number of benzene rings is 2. The zero-order chi connectivity index (χ0) is 21.1. The van der Waals surface area contributed by atoms with Crippen LogP contribution in [0.25, 0.3) is 0 Å². The number of anilines is 2. The molecule has 0 aliphatic carbocycles. The van der Waals surface area contributed by atoms with Crippen molar-refractivity contribution in [2.75, 3.05) is 16.8 Å². The normalized spacial score (nSPS) is 17.2. The second-order valence-electron chi connectivity index (χ2n) is 7.20. The van der Waals surface area contributed by atoms with Crippen molar-refractivity contribution in [3.8, 4) is 0 Å². The Hall–Kier alpha value is -3.22. The van der Waals surface area contributed by atoms with Gasteiger partial charge in [0, 0.05) is 24.3 Å². The fraction of sp³-hybridized carbons (Fsp3) is 0.318. The average Bonchev–Trinajstić information content (AvgIpc) is 3.07. The van der Waals surface area contributed by atoms with Crippen molar-refractivity contribution in [1.82, 2.24) is 0 Å². The van der Waals surface area contributed by atoms with Crippen LogP contribution in [0.1, 0.15) is 24.5 Å². The maximum Gasteiger partial charge on any atom is 0.312 e. The zero-order valence-electron chi connectivity index (χ0n) is 16.6. The summed E-state index contributed by atoms with van der Waals surface area (Å²) in [5.41, 5.74) is 3.23. The number of carbonyl (C=O) groups is 3. The van der Waals surface area contributed by atoms with Crippen molar-refractivity contribution in [2.24, 2.45) is 5.92 Å². The van der Waals surface area contributed by atoms with E-state index in [1.165, 1.54) is 31.2 Å². The molecule has 6 nitrogen and oxygen atoms in total. The Balaban J connectivity index is 1.60. The topological polar surface area (TPSA) is 75.7 Å². The Morgan fingerprint density at radius 3 is 2.55 bits per heavy atom. The number of nitrogens with zero attached hydrogens (tertiary/aromatic N) is 1. The molecule has 1 saturated heterocycles. The second kappa shape index (κ2) is 8.43. The third kappa shape index (κ3) is 4.62. The van der Waals surface area contributed by atoms with Crippen LogP contribution in [0.3, 0.4) is 0 Å². The summed E-state index contributed by atoms with van der Waals surface area (Å²) < 4.78 is 18.2. The van der Waals surface area contributed by atoms with E-state index in [1.807, 2.05) is 32.0 Å². The second-order valence-corrected chi connectivity index (χ2v) is 7.20. The van der Waals surface area contributed by atoms with Crippen molar-refractivity contribution in [1.29, 1.82) is 0 Å². The maximum absolute atomic E-state index is 12.9. The van der Waals surface area contributed by atoms with E-state index in [9.17, 15) is 18.8 Å². The smallest absolute Gasteiger partial charge is 0.312 e. The molecule has 0 aromatic heterocycles. The van der Waals surface area contributed by atoms with Crippen LogP contribution >= 0.6 is 0 Å². The molecule has 0 spiro atoms. The summed E-state index contributed by atoms with van der Waals surface area (Å²) in [5, 5.41) is 2.56. The summed E-state index contributed by atoms with van der Waals surface area (Å²) in [6, 6.07) is 11.0. The number of rotatable bonds is 5. The van der Waals surface area contributed by atoms with Crippen LogP contribution < -0.4 is 10.2 Å². The molecule has 3 rings (SSSR count). The van der Waals surface area contributed by atoms with Crippen molar-refractivity contribution in [3.05, 3.63) is 59.4 Å². The van der Waals surface area contributed by atoms with E-state index >= 15 is 0 Å². The van der Waals surface area contributed by atoms with Crippen molar-refractivity contribution >= 4 is 29.2 Å². The summed E-state index contributed by atoms with van der Waals surface area (Å²) in [6.45, 7) is 5.57. The first kappa shape index (κ1) is 20.5. The lowest BCUT2D eigenvalue weighted by Gasteiger charge is -2.20. The summed E-state index contributed by atoms with van der Waals surface area (Å²) in [7, 11) is 0. The summed E-state index contributed by atoms with van der Waals surface area (Å²) in [5.74, 6) is -2.32. The molecule has 0 radical (unpaired) electrons. The predicted molar refractivity (Wildman–Crippen MR) is 107 cm³/mol. The third-order valence-corrected chi connectivity index (χ3v) is 5.10. The Kier molecular flexibility index (Phi) is 5.96. The molecule has 0 saturated carbocycles. The van der Waals surface area contributed by atoms with Gasteiger partial charge in [0.15, 0.2) is 6.10 Å². The Bertz CT molecular complexity index is 942. The molecule has 1 aliphatic rings. The molecular weight excluding hydrogens is 375 g/mol. The minimum absolute atomic E-state index is 0.0402. The predicted octanol–water partition coefficient (Wildman–Crippen LogP) is 3.37. The van der Waals surface area contributed by atoms with E-state index in [-0.39, 0.29) is 18.9 Å². The van der Waals surface area contributed by atoms with Gasteiger partial charge in [-0.15, -0.1) is 0 Å². The molecule has 2 aromatic rings. The SMILES string of the molecule is Cc1cccc(N2C[C@@H](C(=O)O[C@@H](C)C(=O)Nc3ccc(F)cc3)CC2=O)c1C. The number of carbonyl (C=O) groups excluding carboxylic acids is 3. The van der Waals surface area contributed by atoms with Gasteiger partial charge in [-0.3, -0.25) is 14.4 Å². The largest absolute Gasteiger partial charge is 0.452 e. The fourth-order valence-corrected chi connectivity index (χ4v) is 3.23. The van der Waals surface area contributed by atoms with Gasteiger partial charge in [-0.05, 0) is 62.2 Å². The van der Waals surface area contributed by atoms with Crippen LogP contribution in [0, 0.1) is 25.6 Å². The minimum Gasteiger partial charge on any atom is -0.452 e. The molecule has 0 bridgehead atoms. The van der Waals surface area contributed by atoms with E-state index in [2.05, 4.69) is 5.32 Å². The summed E-state index contributed by atoms with van der Waals surface area (Å²) >= 11 is 0. The fourth-order valence-electron chi connectivity index (χ4n) is 3.23. The monoisotopic (exact) mass is 398 g/mol. The lowest BCUT2D eigenvalue weighted by molar-refractivity contribution is -0.157. The number of halogens is 1. The molecular formula is C22H23FN2O4. The van der Waals surface area contributed by atoms with Gasteiger partial charge >= 0.3 is 5.97 Å². The van der Waals surface area contributed by atoms with Crippen LogP contribution in [-0.4, -0.2) is 30.4 Å². The van der Waals surface area contributed by atoms with E-state index in [4.69, 9.17) is 4.74 Å². The van der Waals surface area contributed by atoms with Gasteiger partial charge in [-0.1, -0.05) is 12.1 Å². The van der Waals surface area contributed by atoms with Gasteiger partial charge in [-0.2, -0.15) is 0 Å². The van der Waals surface area contributed by atoms with Crippen LogP contribution in [0.15, 0.2) is 42.5 Å². The van der Waals surface area contributed by atoms with Gasteiger partial charge in [0.05, 0.1) is 5.92 Å². The first-order chi connectivity index (χ1) is 13.8. The number of ether oxygens (including phenoxy) is 1. The molecule has 2 atom stereocenters. The Labute approximate surface area is 168 Å². The standard InChI is InChI=1S/C22H23FN2O4/c1-13-5-4-6-19(14(13)2)25-12-16(11-20(25)26)22(28)29-15(3)21(27)24-18-9-7-17(23)8-10-18/h4-10,15-16H,11-12H2,1-3H3,(H,24,27)/t15-,16-/m0/s1. The minimum atomic E-state index is -1.04. The first-order valence-electron chi connectivity index (χ1n) is 9.39. The number of esters is 1. The van der Waals surface area contributed by atoms with Crippen molar-refractivity contribution in [3.63, 3.8) is 0 Å². The van der Waals surface area contributed by atoms with Crippen molar-refractivity contribution < 1.29 is 23.5 Å². The molecule has 7 heteroatoms. The van der Waals surface area contributed by atoms with E-state index in [0.29, 0.717) is 5.69 Å². The molecule has 1 fully saturated rings. The number of hydrogen-bond acceptors (Lipinski definition) is 4. The number of hydrogen-bond donors (Lipinski definition) is 1. The van der Waals surface area contributed by atoms with Gasteiger partial charge in [0.2, 0.25) is 5.91 Å². The molecule has 1 heterocycles. The Morgan fingerprint density at radius 2 is 1.86 bits per heavy atom. The van der Waals surface area contributed by atoms with Crippen LogP contribution in [-0.2, 0) is 19.1 Å². The maximum atomic E-state index is 12.9. The Morgan fingerprint density at radius 1 is 1.17 bits per heavy atom. The highest BCUT2D eigenvalue weighted by molar-refractivity contribution is 6.01. The first-order valence-corrected chi connectivity index (χ1v) is 9.39. The molecule has 29 heavy (non-hydrogen) atoms. The van der Waals surface area contributed by atoms with E-state index in [0.717, 1.165) is 16.8 Å². The number of nitrogens with one attached hydrogen (secondary N) is 1. The lowest BCUT2D eigenvalue weighted by atomic mass is 10.1. The van der Waals surface area contributed by atoms with Gasteiger partial charge in [0.1, 0.15) is 5.82 Å². The van der Waals surface area contributed by atoms with Gasteiger partial charge in [0.25, 0.3) is 5.91 Å². The average molecular weight is 398 g/mol. The molecule has 2 amide bonds. The molecule has 1 aliphatic heterocycles. The third-order valence-electron chi connectivity index (χ3n) is 5.10. The van der Waals surface area contributed by atoms with Crippen LogP contribution in [0.2, 0.25) is 0 Å². The molecule has 152 valence electrons. The molecule has 0 unspecified atom stereocenters. The summed E-state index contributed by atoms with van der Waals surface area (Å²) in [6.07, 6.45) is -1.00. The molecule has 2 aromatic carbocycles. The van der Waals surface area contributed by atoms with Gasteiger partial charge < -0.3 is 15.0 Å². The zero-order valence-corrected chi connectivity index (χ0v) is 16.6.